The first-order chi connectivity index (χ1) is 6.07. The number of hydrogen-bond donors (Lipinski definition) is 1. The normalized spacial score (nSPS) is 33.7. The maximum absolute atomic E-state index is 11.1. The molecule has 0 aromatic rings. The standard InChI is InChI=1S/C6H11NO5S/c1-4-5(3-11-2)7(6(8)9)13(10)12-4/h4-5H,3H2,1-2H3,(H,8,9). The lowest BCUT2D eigenvalue weighted by Gasteiger charge is -2.17. The smallest absolute Gasteiger partial charge is 0.421 e. The zero-order valence-electron chi connectivity index (χ0n) is 7.30. The molecule has 1 aliphatic heterocycles. The van der Waals surface area contributed by atoms with E-state index in [0.717, 1.165) is 4.31 Å². The van der Waals surface area contributed by atoms with Gasteiger partial charge in [-0.25, -0.2) is 9.00 Å². The van der Waals surface area contributed by atoms with Crippen molar-refractivity contribution < 1.29 is 23.0 Å². The third-order valence-electron chi connectivity index (χ3n) is 1.76. The summed E-state index contributed by atoms with van der Waals surface area (Å²) < 4.78 is 21.5. The molecule has 0 aromatic carbocycles. The van der Waals surface area contributed by atoms with Crippen LogP contribution in [0.5, 0.6) is 0 Å². The van der Waals surface area contributed by atoms with Crippen LogP contribution in [0.15, 0.2) is 0 Å². The van der Waals surface area contributed by atoms with E-state index in [1.165, 1.54) is 7.11 Å². The van der Waals surface area contributed by atoms with Crippen molar-refractivity contribution in [3.05, 3.63) is 0 Å². The fourth-order valence-corrected chi connectivity index (χ4v) is 2.18. The van der Waals surface area contributed by atoms with Gasteiger partial charge in [0.1, 0.15) is 6.04 Å². The lowest BCUT2D eigenvalue weighted by atomic mass is 10.2. The highest BCUT2D eigenvalue weighted by molar-refractivity contribution is 7.78. The third-order valence-corrected chi connectivity index (χ3v) is 2.98. The first kappa shape index (κ1) is 10.4. The molecule has 3 unspecified atom stereocenters. The van der Waals surface area contributed by atoms with Gasteiger partial charge in [-0.2, -0.15) is 4.31 Å². The van der Waals surface area contributed by atoms with Crippen molar-refractivity contribution in [2.75, 3.05) is 13.7 Å². The van der Waals surface area contributed by atoms with Crippen LogP contribution in [0.2, 0.25) is 0 Å². The minimum atomic E-state index is -1.90. The summed E-state index contributed by atoms with van der Waals surface area (Å²) in [5, 5.41) is 8.70. The predicted molar refractivity (Wildman–Crippen MR) is 44.2 cm³/mol. The zero-order chi connectivity index (χ0) is 10.0. The summed E-state index contributed by atoms with van der Waals surface area (Å²) >= 11 is -1.90. The molecule has 13 heavy (non-hydrogen) atoms. The molecule has 3 atom stereocenters. The lowest BCUT2D eigenvalue weighted by molar-refractivity contribution is 0.0963. The molecular weight excluding hydrogens is 198 g/mol. The minimum absolute atomic E-state index is 0.180. The Bertz CT molecular complexity index is 233. The van der Waals surface area contributed by atoms with Crippen LogP contribution < -0.4 is 0 Å². The van der Waals surface area contributed by atoms with Gasteiger partial charge in [0, 0.05) is 7.11 Å². The summed E-state index contributed by atoms with van der Waals surface area (Å²) in [6, 6.07) is -0.497. The van der Waals surface area contributed by atoms with Gasteiger partial charge in [0.2, 0.25) is 0 Å². The van der Waals surface area contributed by atoms with E-state index >= 15 is 0 Å². The number of rotatable bonds is 2. The highest BCUT2D eigenvalue weighted by Crippen LogP contribution is 2.21. The summed E-state index contributed by atoms with van der Waals surface area (Å²) in [4.78, 5) is 10.6. The zero-order valence-corrected chi connectivity index (χ0v) is 8.11. The van der Waals surface area contributed by atoms with E-state index in [9.17, 15) is 9.00 Å². The van der Waals surface area contributed by atoms with Gasteiger partial charge in [0.25, 0.3) is 11.3 Å². The molecule has 76 valence electrons. The van der Waals surface area contributed by atoms with Crippen LogP contribution in [0.25, 0.3) is 0 Å². The van der Waals surface area contributed by atoms with E-state index in [2.05, 4.69) is 0 Å². The molecule has 0 saturated carbocycles. The summed E-state index contributed by atoms with van der Waals surface area (Å²) in [5.41, 5.74) is 0. The second-order valence-corrected chi connectivity index (χ2v) is 3.67. The molecule has 1 heterocycles. The number of ether oxygens (including phenoxy) is 1. The van der Waals surface area contributed by atoms with E-state index < -0.39 is 29.5 Å². The van der Waals surface area contributed by atoms with Gasteiger partial charge < -0.3 is 9.84 Å². The summed E-state index contributed by atoms with van der Waals surface area (Å²) in [5.74, 6) is 0. The van der Waals surface area contributed by atoms with Crippen molar-refractivity contribution in [3.63, 3.8) is 0 Å². The SMILES string of the molecule is COCC1C(C)OS(=O)N1C(=O)O. The maximum Gasteiger partial charge on any atom is 0.421 e. The molecule has 0 bridgehead atoms. The van der Waals surface area contributed by atoms with E-state index in [1.54, 1.807) is 6.92 Å². The van der Waals surface area contributed by atoms with E-state index in [0.29, 0.717) is 0 Å². The van der Waals surface area contributed by atoms with Crippen LogP contribution >= 0.6 is 0 Å². The molecule has 1 rings (SSSR count). The van der Waals surface area contributed by atoms with Crippen molar-refractivity contribution >= 4 is 17.4 Å². The maximum atomic E-state index is 11.1. The Morgan fingerprint density at radius 1 is 1.77 bits per heavy atom. The van der Waals surface area contributed by atoms with Crippen LogP contribution in [-0.2, 0) is 20.2 Å². The number of carboxylic acid groups (broad SMARTS) is 1. The van der Waals surface area contributed by atoms with E-state index in [-0.39, 0.29) is 6.61 Å². The van der Waals surface area contributed by atoms with Gasteiger partial charge in [0.15, 0.2) is 0 Å². The Hall–Kier alpha value is -0.660. The molecule has 1 saturated heterocycles. The van der Waals surface area contributed by atoms with Crippen LogP contribution in [0, 0.1) is 0 Å². The molecule has 1 amide bonds. The van der Waals surface area contributed by atoms with Crippen LogP contribution in [-0.4, -0.2) is 45.6 Å². The molecule has 0 radical (unpaired) electrons. The van der Waals surface area contributed by atoms with Crippen molar-refractivity contribution in [1.82, 2.24) is 4.31 Å². The van der Waals surface area contributed by atoms with E-state index in [4.69, 9.17) is 14.0 Å². The number of amides is 1. The first-order valence-electron chi connectivity index (χ1n) is 3.68. The van der Waals surface area contributed by atoms with Crippen LogP contribution in [0.4, 0.5) is 4.79 Å². The molecule has 1 N–H and O–H groups in total. The van der Waals surface area contributed by atoms with Crippen molar-refractivity contribution in [1.29, 1.82) is 0 Å². The summed E-state index contributed by atoms with van der Waals surface area (Å²) in [6.45, 7) is 1.84. The van der Waals surface area contributed by atoms with E-state index in [1.807, 2.05) is 0 Å². The Morgan fingerprint density at radius 3 is 2.85 bits per heavy atom. The second-order valence-electron chi connectivity index (χ2n) is 2.65. The largest absolute Gasteiger partial charge is 0.464 e. The van der Waals surface area contributed by atoms with Gasteiger partial charge in [-0.3, -0.25) is 4.18 Å². The fraction of sp³-hybridized carbons (Fsp3) is 0.833. The Kier molecular flexibility index (Phi) is 3.23. The van der Waals surface area contributed by atoms with Crippen molar-refractivity contribution in [3.8, 4) is 0 Å². The number of nitrogens with zero attached hydrogens (tertiary/aromatic N) is 1. The third kappa shape index (κ3) is 1.98. The van der Waals surface area contributed by atoms with Crippen molar-refractivity contribution in [2.45, 2.75) is 19.1 Å². The highest BCUT2D eigenvalue weighted by atomic mass is 32.2. The van der Waals surface area contributed by atoms with Crippen molar-refractivity contribution in [2.24, 2.45) is 0 Å². The average molecular weight is 209 g/mol. The molecule has 6 nitrogen and oxygen atoms in total. The second kappa shape index (κ2) is 4.03. The molecule has 1 aliphatic rings. The van der Waals surface area contributed by atoms with Gasteiger partial charge in [0.05, 0.1) is 12.7 Å². The summed E-state index contributed by atoms with van der Waals surface area (Å²) in [6.07, 6.45) is -1.67. The quantitative estimate of drug-likeness (QED) is 0.691. The molecule has 7 heteroatoms. The Balaban J connectivity index is 2.77. The molecule has 0 spiro atoms. The van der Waals surface area contributed by atoms with Crippen LogP contribution in [0.1, 0.15) is 6.92 Å². The van der Waals surface area contributed by atoms with Gasteiger partial charge in [-0.15, -0.1) is 0 Å². The molecule has 0 aromatic heterocycles. The van der Waals surface area contributed by atoms with Gasteiger partial charge in [-0.1, -0.05) is 0 Å². The number of carbonyl (C=O) groups is 1. The van der Waals surface area contributed by atoms with Gasteiger partial charge >= 0.3 is 6.09 Å². The Morgan fingerprint density at radius 2 is 2.38 bits per heavy atom. The number of hydrogen-bond acceptors (Lipinski definition) is 4. The van der Waals surface area contributed by atoms with Gasteiger partial charge in [-0.05, 0) is 6.92 Å². The topological polar surface area (TPSA) is 76.1 Å². The predicted octanol–water partition coefficient (Wildman–Crippen LogP) is -0.0212. The fourth-order valence-electron chi connectivity index (χ4n) is 1.12. The summed E-state index contributed by atoms with van der Waals surface area (Å²) in [7, 11) is 1.45. The molecule has 1 fully saturated rings. The average Bonchev–Trinajstić information content (AvgIpc) is 2.27. The lowest BCUT2D eigenvalue weighted by Crippen LogP contribution is -2.41. The molecule has 0 aliphatic carbocycles. The first-order valence-corrected chi connectivity index (χ1v) is 4.71. The minimum Gasteiger partial charge on any atom is -0.464 e. The Labute approximate surface area is 78.2 Å². The number of methoxy groups -OCH3 is 1. The molecular formula is C6H11NO5S. The highest BCUT2D eigenvalue weighted by Gasteiger charge is 2.42. The monoisotopic (exact) mass is 209 g/mol. The van der Waals surface area contributed by atoms with Crippen LogP contribution in [0.3, 0.4) is 0 Å².